The van der Waals surface area contributed by atoms with Gasteiger partial charge in [0.05, 0.1) is 19.8 Å². The van der Waals surface area contributed by atoms with E-state index >= 15 is 0 Å². The maximum absolute atomic E-state index is 13.1. The summed E-state index contributed by atoms with van der Waals surface area (Å²) in [5.74, 6) is 2.29. The highest BCUT2D eigenvalue weighted by atomic mass is 16.5. The van der Waals surface area contributed by atoms with E-state index in [1.165, 1.54) is 6.08 Å². The van der Waals surface area contributed by atoms with Crippen LogP contribution in [0.4, 0.5) is 0 Å². The number of allylic oxidation sites excluding steroid dienone is 1. The first-order valence-electron chi connectivity index (χ1n) is 13.0. The van der Waals surface area contributed by atoms with Crippen molar-refractivity contribution in [2.75, 3.05) is 14.2 Å². The molecule has 0 atom stereocenters. The molecule has 0 heterocycles. The Labute approximate surface area is 231 Å². The summed E-state index contributed by atoms with van der Waals surface area (Å²) in [6.45, 7) is 6.70. The molecule has 5 nitrogen and oxygen atoms in total. The summed E-state index contributed by atoms with van der Waals surface area (Å²) in [4.78, 5) is 13.1. The van der Waals surface area contributed by atoms with Gasteiger partial charge in [0.25, 0.3) is 0 Å². The van der Waals surface area contributed by atoms with E-state index in [0.29, 0.717) is 41.8 Å². The van der Waals surface area contributed by atoms with Crippen LogP contribution >= 0.6 is 0 Å². The molecule has 0 N–H and O–H groups in total. The van der Waals surface area contributed by atoms with Crippen LogP contribution in [0.2, 0.25) is 0 Å². The monoisotopic (exact) mass is 524 g/mol. The van der Waals surface area contributed by atoms with Gasteiger partial charge in [-0.05, 0) is 54.5 Å². The third-order valence-electron chi connectivity index (χ3n) is 5.93. The highest BCUT2D eigenvalue weighted by molar-refractivity contribution is 6.09. The Balaban J connectivity index is 0.00000205. The second kappa shape index (κ2) is 15.0. The van der Waals surface area contributed by atoms with Gasteiger partial charge >= 0.3 is 0 Å². The zero-order chi connectivity index (χ0) is 28.0. The smallest absolute Gasteiger partial charge is 0.189 e. The summed E-state index contributed by atoms with van der Waals surface area (Å²) in [5, 5.41) is 0. The van der Waals surface area contributed by atoms with Crippen molar-refractivity contribution in [3.05, 3.63) is 125 Å². The molecule has 0 amide bonds. The summed E-state index contributed by atoms with van der Waals surface area (Å²) >= 11 is 0. The van der Waals surface area contributed by atoms with Crippen LogP contribution in [0.25, 0.3) is 6.08 Å². The molecular weight excluding hydrogens is 488 g/mol. The first-order valence-corrected chi connectivity index (χ1v) is 13.0. The number of hydrogen-bond donors (Lipinski definition) is 0. The molecule has 0 spiro atoms. The van der Waals surface area contributed by atoms with Crippen LogP contribution in [0.3, 0.4) is 0 Å². The molecule has 5 heteroatoms. The van der Waals surface area contributed by atoms with Crippen LogP contribution in [0.5, 0.6) is 23.0 Å². The average molecular weight is 525 g/mol. The minimum Gasteiger partial charge on any atom is -0.496 e. The minimum atomic E-state index is -0.180. The molecule has 0 aliphatic rings. The van der Waals surface area contributed by atoms with Gasteiger partial charge in [-0.1, -0.05) is 74.5 Å². The number of carbonyl (C=O) groups is 1. The number of methoxy groups -OCH3 is 2. The van der Waals surface area contributed by atoms with Gasteiger partial charge < -0.3 is 18.9 Å². The fraction of sp³-hybridized carbons (Fsp3) is 0.206. The zero-order valence-electron chi connectivity index (χ0n) is 23.3. The minimum absolute atomic E-state index is 0.180. The number of ketones is 1. The molecule has 0 radical (unpaired) electrons. The summed E-state index contributed by atoms with van der Waals surface area (Å²) in [6.07, 6.45) is 3.28. The third-order valence-corrected chi connectivity index (χ3v) is 5.93. The van der Waals surface area contributed by atoms with Crippen molar-refractivity contribution in [1.29, 1.82) is 0 Å². The molecule has 0 saturated heterocycles. The Morgan fingerprint density at radius 1 is 0.718 bits per heavy atom. The van der Waals surface area contributed by atoms with E-state index in [2.05, 4.69) is 0 Å². The van der Waals surface area contributed by atoms with Crippen molar-refractivity contribution in [3.8, 4) is 23.0 Å². The molecule has 4 aromatic carbocycles. The number of rotatable bonds is 11. The van der Waals surface area contributed by atoms with Gasteiger partial charge in [0.15, 0.2) is 5.78 Å². The molecule has 39 heavy (non-hydrogen) atoms. The van der Waals surface area contributed by atoms with Crippen LogP contribution in [-0.4, -0.2) is 20.0 Å². The third kappa shape index (κ3) is 7.99. The largest absolute Gasteiger partial charge is 0.496 e. The SMILES string of the molecule is CC.COc1ccc(C(=O)/C=C/c2ccc(OCc3ccccc3)cc2OCc2ccccc2)c(OC)c1C. The summed E-state index contributed by atoms with van der Waals surface area (Å²) in [7, 11) is 3.14. The molecule has 0 fully saturated rings. The number of hydrogen-bond acceptors (Lipinski definition) is 5. The van der Waals surface area contributed by atoms with E-state index in [-0.39, 0.29) is 5.78 Å². The standard InChI is InChI=1S/C32H30O5.C2H6/c1-23-30(34-2)19-17-28(32(23)35-3)29(33)18-15-26-14-16-27(36-21-24-10-6-4-7-11-24)20-31(26)37-22-25-12-8-5-9-13-25;1-2/h4-20H,21-22H2,1-3H3;1-2H3/b18-15+;. The molecule has 0 bridgehead atoms. The van der Waals surface area contributed by atoms with Crippen molar-refractivity contribution in [2.45, 2.75) is 34.0 Å². The van der Waals surface area contributed by atoms with Gasteiger partial charge in [0, 0.05) is 17.2 Å². The van der Waals surface area contributed by atoms with E-state index in [1.54, 1.807) is 32.4 Å². The molecule has 0 saturated carbocycles. The molecule has 0 aromatic heterocycles. The van der Waals surface area contributed by atoms with E-state index < -0.39 is 0 Å². The average Bonchev–Trinajstić information content (AvgIpc) is 3.00. The molecular formula is C34H36O5. The Morgan fingerprint density at radius 3 is 1.92 bits per heavy atom. The van der Waals surface area contributed by atoms with Crippen molar-refractivity contribution < 1.29 is 23.7 Å². The Hall–Kier alpha value is -4.51. The maximum atomic E-state index is 13.1. The summed E-state index contributed by atoms with van der Waals surface area (Å²) in [5.41, 5.74) is 4.12. The van der Waals surface area contributed by atoms with E-state index in [4.69, 9.17) is 18.9 Å². The second-order valence-electron chi connectivity index (χ2n) is 8.42. The van der Waals surface area contributed by atoms with Crippen molar-refractivity contribution >= 4 is 11.9 Å². The predicted molar refractivity (Wildman–Crippen MR) is 157 cm³/mol. The molecule has 0 aliphatic carbocycles. The lowest BCUT2D eigenvalue weighted by Gasteiger charge is -2.14. The van der Waals surface area contributed by atoms with Crippen LogP contribution in [0, 0.1) is 6.92 Å². The van der Waals surface area contributed by atoms with Crippen LogP contribution in [-0.2, 0) is 13.2 Å². The van der Waals surface area contributed by atoms with Crippen LogP contribution in [0.1, 0.15) is 46.5 Å². The lowest BCUT2D eigenvalue weighted by Crippen LogP contribution is -2.02. The first kappa shape index (κ1) is 29.1. The van der Waals surface area contributed by atoms with Gasteiger partial charge in [-0.2, -0.15) is 0 Å². The van der Waals surface area contributed by atoms with Crippen molar-refractivity contribution in [1.82, 2.24) is 0 Å². The van der Waals surface area contributed by atoms with Gasteiger partial charge in [0.1, 0.15) is 36.2 Å². The molecule has 0 unspecified atom stereocenters. The second-order valence-corrected chi connectivity index (χ2v) is 8.42. The first-order chi connectivity index (χ1) is 19.1. The topological polar surface area (TPSA) is 54.0 Å². The number of benzene rings is 4. The normalized spacial score (nSPS) is 10.4. The van der Waals surface area contributed by atoms with Gasteiger partial charge in [-0.3, -0.25) is 4.79 Å². The number of carbonyl (C=O) groups excluding carboxylic acids is 1. The van der Waals surface area contributed by atoms with Crippen molar-refractivity contribution in [3.63, 3.8) is 0 Å². The maximum Gasteiger partial charge on any atom is 0.189 e. The number of ether oxygens (including phenoxy) is 4. The summed E-state index contributed by atoms with van der Waals surface area (Å²) < 4.78 is 23.0. The van der Waals surface area contributed by atoms with E-state index in [9.17, 15) is 4.79 Å². The van der Waals surface area contributed by atoms with Gasteiger partial charge in [-0.25, -0.2) is 0 Å². The van der Waals surface area contributed by atoms with Gasteiger partial charge in [-0.15, -0.1) is 0 Å². The lowest BCUT2D eigenvalue weighted by atomic mass is 10.0. The fourth-order valence-corrected chi connectivity index (χ4v) is 3.95. The quantitative estimate of drug-likeness (QED) is 0.147. The highest BCUT2D eigenvalue weighted by Crippen LogP contribution is 2.32. The Morgan fingerprint density at radius 2 is 1.33 bits per heavy atom. The Kier molecular flexibility index (Phi) is 11.2. The van der Waals surface area contributed by atoms with E-state index in [1.807, 2.05) is 99.6 Å². The summed E-state index contributed by atoms with van der Waals surface area (Å²) in [6, 6.07) is 29.0. The predicted octanol–water partition coefficient (Wildman–Crippen LogP) is 8.09. The van der Waals surface area contributed by atoms with Crippen LogP contribution in [0.15, 0.2) is 97.1 Å². The molecule has 4 aromatic rings. The van der Waals surface area contributed by atoms with Crippen molar-refractivity contribution in [2.24, 2.45) is 0 Å². The lowest BCUT2D eigenvalue weighted by molar-refractivity contribution is 0.104. The fourth-order valence-electron chi connectivity index (χ4n) is 3.95. The molecule has 202 valence electrons. The highest BCUT2D eigenvalue weighted by Gasteiger charge is 2.16. The molecule has 0 aliphatic heterocycles. The van der Waals surface area contributed by atoms with Gasteiger partial charge in [0.2, 0.25) is 0 Å². The zero-order valence-corrected chi connectivity index (χ0v) is 23.3. The Bertz CT molecular complexity index is 1360. The molecule has 4 rings (SSSR count). The van der Waals surface area contributed by atoms with Crippen LogP contribution < -0.4 is 18.9 Å². The van der Waals surface area contributed by atoms with E-state index in [0.717, 1.165) is 22.3 Å².